The lowest BCUT2D eigenvalue weighted by Crippen LogP contribution is -2.00. The third kappa shape index (κ3) is 4.76. The number of nitrogens with zero attached hydrogens (tertiary/aromatic N) is 3. The van der Waals surface area contributed by atoms with Crippen molar-refractivity contribution in [1.29, 1.82) is 0 Å². The Morgan fingerprint density at radius 1 is 0.405 bits per heavy atom. The van der Waals surface area contributed by atoms with Crippen LogP contribution in [-0.2, 0) is 0 Å². The summed E-state index contributed by atoms with van der Waals surface area (Å²) >= 11 is 0. The van der Waals surface area contributed by atoms with Gasteiger partial charge in [0.2, 0.25) is 0 Å². The summed E-state index contributed by atoms with van der Waals surface area (Å²) in [6.45, 7) is 0. The molecule has 0 atom stereocenters. The Bertz CT molecular complexity index is 1990. The number of aldehydes is 1. The molecule has 0 radical (unpaired) electrons. The SMILES string of the molecule is O=Cc1ccccc1-c1cccc2cccc(-c3cccc(-c4nc(-c5ccccc5)nc(-c5ccccc5)n4)c3)c12. The second kappa shape index (κ2) is 11.0. The van der Waals surface area contributed by atoms with E-state index in [4.69, 9.17) is 15.0 Å². The van der Waals surface area contributed by atoms with Crippen molar-refractivity contribution in [2.75, 3.05) is 0 Å². The highest BCUT2D eigenvalue weighted by Gasteiger charge is 2.15. The summed E-state index contributed by atoms with van der Waals surface area (Å²) < 4.78 is 0. The molecule has 1 aromatic heterocycles. The van der Waals surface area contributed by atoms with Crippen molar-refractivity contribution in [1.82, 2.24) is 15.0 Å². The first-order valence-electron chi connectivity index (χ1n) is 13.8. The summed E-state index contributed by atoms with van der Waals surface area (Å²) in [5, 5.41) is 2.20. The third-order valence-corrected chi connectivity index (χ3v) is 7.41. The number of carbonyl (C=O) groups is 1. The standard InChI is InChI=1S/C38H25N3O/c42-25-31-16-7-8-21-32(31)34-23-11-18-26-17-10-22-33(35(26)34)29-19-9-20-30(24-29)38-40-36(27-12-3-1-4-13-27)39-37(41-38)28-14-5-2-6-15-28/h1-25H. The van der Waals surface area contributed by atoms with Gasteiger partial charge in [0.1, 0.15) is 0 Å². The number of hydrogen-bond acceptors (Lipinski definition) is 4. The molecule has 42 heavy (non-hydrogen) atoms. The van der Waals surface area contributed by atoms with Gasteiger partial charge in [0.05, 0.1) is 0 Å². The molecule has 0 aliphatic carbocycles. The molecule has 1 heterocycles. The van der Waals surface area contributed by atoms with Gasteiger partial charge in [-0.15, -0.1) is 0 Å². The van der Waals surface area contributed by atoms with E-state index in [1.54, 1.807) is 0 Å². The molecule has 0 saturated heterocycles. The first-order valence-corrected chi connectivity index (χ1v) is 13.8. The Morgan fingerprint density at radius 3 is 1.52 bits per heavy atom. The van der Waals surface area contributed by atoms with Crippen molar-refractivity contribution >= 4 is 17.1 Å². The van der Waals surface area contributed by atoms with Crippen LogP contribution < -0.4 is 0 Å². The highest BCUT2D eigenvalue weighted by atomic mass is 16.1. The molecule has 198 valence electrons. The van der Waals surface area contributed by atoms with E-state index in [9.17, 15) is 4.79 Å². The Balaban J connectivity index is 1.41. The molecule has 6 aromatic carbocycles. The van der Waals surface area contributed by atoms with Crippen LogP contribution in [0.25, 0.3) is 67.2 Å². The Labute approximate surface area is 244 Å². The molecule has 0 saturated carbocycles. The van der Waals surface area contributed by atoms with E-state index in [0.29, 0.717) is 23.0 Å². The Morgan fingerprint density at radius 2 is 0.881 bits per heavy atom. The van der Waals surface area contributed by atoms with Crippen LogP contribution in [0.2, 0.25) is 0 Å². The minimum Gasteiger partial charge on any atom is -0.298 e. The fourth-order valence-corrected chi connectivity index (χ4v) is 5.41. The highest BCUT2D eigenvalue weighted by Crippen LogP contribution is 2.38. The fraction of sp³-hybridized carbons (Fsp3) is 0. The topological polar surface area (TPSA) is 55.7 Å². The van der Waals surface area contributed by atoms with Gasteiger partial charge in [0.25, 0.3) is 0 Å². The zero-order chi connectivity index (χ0) is 28.3. The van der Waals surface area contributed by atoms with Crippen LogP contribution in [-0.4, -0.2) is 21.2 Å². The smallest absolute Gasteiger partial charge is 0.164 e. The van der Waals surface area contributed by atoms with Crippen molar-refractivity contribution in [3.05, 3.63) is 151 Å². The number of aromatic nitrogens is 3. The number of carbonyl (C=O) groups excluding carboxylic acids is 1. The molecule has 0 amide bonds. The van der Waals surface area contributed by atoms with Crippen molar-refractivity contribution in [2.45, 2.75) is 0 Å². The monoisotopic (exact) mass is 539 g/mol. The van der Waals surface area contributed by atoms with E-state index in [0.717, 1.165) is 56.0 Å². The fourth-order valence-electron chi connectivity index (χ4n) is 5.41. The maximum absolute atomic E-state index is 11.9. The largest absolute Gasteiger partial charge is 0.298 e. The molecule has 0 N–H and O–H groups in total. The summed E-state index contributed by atoms with van der Waals surface area (Å²) in [4.78, 5) is 26.6. The molecule has 7 rings (SSSR count). The van der Waals surface area contributed by atoms with Crippen LogP contribution in [0.15, 0.2) is 146 Å². The minimum absolute atomic E-state index is 0.608. The van der Waals surface area contributed by atoms with Gasteiger partial charge >= 0.3 is 0 Å². The Kier molecular flexibility index (Phi) is 6.63. The van der Waals surface area contributed by atoms with Crippen LogP contribution in [0, 0.1) is 0 Å². The lowest BCUT2D eigenvalue weighted by Gasteiger charge is -2.14. The number of benzene rings is 6. The number of fused-ring (bicyclic) bond motifs is 1. The number of rotatable bonds is 6. The molecule has 0 unspecified atom stereocenters. The summed E-state index contributed by atoms with van der Waals surface area (Å²) in [5.41, 5.74) is 7.48. The average Bonchev–Trinajstić information content (AvgIpc) is 3.08. The molecule has 0 bridgehead atoms. The predicted molar refractivity (Wildman–Crippen MR) is 170 cm³/mol. The van der Waals surface area contributed by atoms with Crippen LogP contribution in [0.4, 0.5) is 0 Å². The van der Waals surface area contributed by atoms with Gasteiger partial charge in [-0.2, -0.15) is 0 Å². The van der Waals surface area contributed by atoms with E-state index in [2.05, 4.69) is 42.5 Å². The molecule has 0 aliphatic rings. The lowest BCUT2D eigenvalue weighted by molar-refractivity contribution is 0.112. The van der Waals surface area contributed by atoms with E-state index in [-0.39, 0.29) is 0 Å². The second-order valence-corrected chi connectivity index (χ2v) is 10.0. The van der Waals surface area contributed by atoms with Crippen LogP contribution in [0.3, 0.4) is 0 Å². The average molecular weight is 540 g/mol. The summed E-state index contributed by atoms with van der Waals surface area (Å²) in [6, 6.07) is 48.6. The maximum Gasteiger partial charge on any atom is 0.164 e. The molecule has 0 fully saturated rings. The third-order valence-electron chi connectivity index (χ3n) is 7.41. The first-order chi connectivity index (χ1) is 20.8. The normalized spacial score (nSPS) is 11.0. The molecule has 7 aromatic rings. The molecular weight excluding hydrogens is 514 g/mol. The second-order valence-electron chi connectivity index (χ2n) is 10.0. The van der Waals surface area contributed by atoms with Gasteiger partial charge in [-0.25, -0.2) is 15.0 Å². The maximum atomic E-state index is 11.9. The van der Waals surface area contributed by atoms with Gasteiger partial charge in [-0.05, 0) is 39.1 Å². The van der Waals surface area contributed by atoms with Gasteiger partial charge in [0, 0.05) is 22.3 Å². The predicted octanol–water partition coefficient (Wildman–Crippen LogP) is 9.17. The lowest BCUT2D eigenvalue weighted by atomic mass is 9.89. The van der Waals surface area contributed by atoms with E-state index in [1.807, 2.05) is 103 Å². The van der Waals surface area contributed by atoms with Crippen molar-refractivity contribution < 1.29 is 4.79 Å². The van der Waals surface area contributed by atoms with E-state index >= 15 is 0 Å². The molecular formula is C38H25N3O. The zero-order valence-corrected chi connectivity index (χ0v) is 22.7. The van der Waals surface area contributed by atoms with Crippen molar-refractivity contribution in [3.63, 3.8) is 0 Å². The van der Waals surface area contributed by atoms with Gasteiger partial charge in [0.15, 0.2) is 23.8 Å². The van der Waals surface area contributed by atoms with Crippen molar-refractivity contribution in [2.24, 2.45) is 0 Å². The highest BCUT2D eigenvalue weighted by molar-refractivity contribution is 6.08. The molecule has 4 nitrogen and oxygen atoms in total. The van der Waals surface area contributed by atoms with Crippen LogP contribution in [0.5, 0.6) is 0 Å². The van der Waals surface area contributed by atoms with Gasteiger partial charge in [-0.1, -0.05) is 140 Å². The van der Waals surface area contributed by atoms with Gasteiger partial charge in [-0.3, -0.25) is 4.79 Å². The molecule has 0 spiro atoms. The summed E-state index contributed by atoms with van der Waals surface area (Å²) in [5.74, 6) is 1.86. The minimum atomic E-state index is 0.608. The van der Waals surface area contributed by atoms with E-state index in [1.165, 1.54) is 0 Å². The van der Waals surface area contributed by atoms with Crippen LogP contribution in [0.1, 0.15) is 10.4 Å². The Hall–Kier alpha value is -5.74. The molecule has 0 aliphatic heterocycles. The molecule has 4 heteroatoms. The summed E-state index contributed by atoms with van der Waals surface area (Å²) in [7, 11) is 0. The summed E-state index contributed by atoms with van der Waals surface area (Å²) in [6.07, 6.45) is 0.923. The zero-order valence-electron chi connectivity index (χ0n) is 22.7. The van der Waals surface area contributed by atoms with E-state index < -0.39 is 0 Å². The van der Waals surface area contributed by atoms with Crippen molar-refractivity contribution in [3.8, 4) is 56.4 Å². The van der Waals surface area contributed by atoms with Gasteiger partial charge < -0.3 is 0 Å². The van der Waals surface area contributed by atoms with Crippen LogP contribution >= 0.6 is 0 Å². The first kappa shape index (κ1) is 25.2. The number of hydrogen-bond donors (Lipinski definition) is 0. The quantitative estimate of drug-likeness (QED) is 0.198.